The Morgan fingerprint density at radius 1 is 1.28 bits per heavy atom. The van der Waals surface area contributed by atoms with Crippen molar-refractivity contribution in [3.63, 3.8) is 0 Å². The number of nitrogens with one attached hydrogen (secondary N) is 4. The van der Waals surface area contributed by atoms with Gasteiger partial charge in [0.1, 0.15) is 5.54 Å². The Labute approximate surface area is 208 Å². The molecule has 0 aromatic heterocycles. The van der Waals surface area contributed by atoms with Crippen LogP contribution in [-0.2, 0) is 14.3 Å². The molecule has 1 fully saturated rings. The van der Waals surface area contributed by atoms with Crippen molar-refractivity contribution < 1.29 is 27.5 Å². The van der Waals surface area contributed by atoms with Gasteiger partial charge in [0.2, 0.25) is 5.76 Å². The third-order valence-corrected chi connectivity index (χ3v) is 6.57. The first-order chi connectivity index (χ1) is 16.9. The largest absolute Gasteiger partial charge is 0.459 e. The number of allylic oxidation sites excluding steroid dienone is 1. The molecule has 1 saturated carbocycles. The van der Waals surface area contributed by atoms with Crippen molar-refractivity contribution in [1.82, 2.24) is 16.0 Å². The first-order valence-corrected chi connectivity index (χ1v) is 11.9. The van der Waals surface area contributed by atoms with E-state index < -0.39 is 35.5 Å². The second kappa shape index (κ2) is 10.6. The van der Waals surface area contributed by atoms with Gasteiger partial charge in [-0.05, 0) is 56.2 Å². The summed E-state index contributed by atoms with van der Waals surface area (Å²) in [6, 6.07) is 6.64. The number of carbonyl (C=O) groups excluding carboxylic acids is 2. The number of nitrogens with two attached hydrogens (primary N) is 1. The lowest BCUT2D eigenvalue weighted by molar-refractivity contribution is -0.199. The maximum atomic E-state index is 13.6. The first-order valence-electron chi connectivity index (χ1n) is 11.9. The Hall–Kier alpha value is -3.50. The lowest BCUT2D eigenvalue weighted by Crippen LogP contribution is -2.59. The molecule has 6 N–H and O–H groups in total. The molecule has 0 radical (unpaired) electrons. The van der Waals surface area contributed by atoms with Crippen LogP contribution in [0.3, 0.4) is 0 Å². The molecule has 2 amide bonds. The van der Waals surface area contributed by atoms with Crippen LogP contribution in [0.5, 0.6) is 0 Å². The Balaban J connectivity index is 1.66. The standard InChI is InChI=1S/C25H32F3N5O3/c1-4-17(5-2)32-22(35)20-13-31-23(36-20)15-8-6-7-14(11-15)18(29)12-19(30)21(34)33-24(3,16-9-10-16)25(26,27)28/h6-8,11-13,16-17,23,29,31H,4-5,9-10,30H2,1-3H3,(H,32,35)(H,33,34). The molecule has 2 unspecified atom stereocenters. The van der Waals surface area contributed by atoms with E-state index in [4.69, 9.17) is 15.9 Å². The van der Waals surface area contributed by atoms with E-state index >= 15 is 0 Å². The molecule has 1 heterocycles. The Morgan fingerprint density at radius 2 is 1.94 bits per heavy atom. The minimum atomic E-state index is -4.63. The highest BCUT2D eigenvalue weighted by Gasteiger charge is 2.60. The highest BCUT2D eigenvalue weighted by Crippen LogP contribution is 2.48. The molecule has 1 aromatic carbocycles. The monoisotopic (exact) mass is 507 g/mol. The van der Waals surface area contributed by atoms with Gasteiger partial charge in [-0.3, -0.25) is 9.59 Å². The fraction of sp³-hybridized carbons (Fsp3) is 0.480. The van der Waals surface area contributed by atoms with Crippen LogP contribution in [0.4, 0.5) is 13.2 Å². The lowest BCUT2D eigenvalue weighted by Gasteiger charge is -2.33. The predicted molar refractivity (Wildman–Crippen MR) is 128 cm³/mol. The molecule has 1 aliphatic carbocycles. The SMILES string of the molecule is CCC(CC)NC(=O)C1=CNC(c2cccc(C(=N)C=C(N)C(=O)NC(C)(C3CC3)C(F)(F)F)c2)O1. The number of ether oxygens (including phenoxy) is 1. The average molecular weight is 508 g/mol. The lowest BCUT2D eigenvalue weighted by atomic mass is 9.94. The van der Waals surface area contributed by atoms with Gasteiger partial charge in [0.05, 0.1) is 11.4 Å². The third kappa shape index (κ3) is 6.00. The van der Waals surface area contributed by atoms with Crippen LogP contribution in [0.1, 0.15) is 63.8 Å². The number of amides is 2. The van der Waals surface area contributed by atoms with Crippen molar-refractivity contribution >= 4 is 17.5 Å². The molecule has 36 heavy (non-hydrogen) atoms. The summed E-state index contributed by atoms with van der Waals surface area (Å²) >= 11 is 0. The smallest absolute Gasteiger partial charge is 0.411 e. The van der Waals surface area contributed by atoms with Crippen LogP contribution in [0.2, 0.25) is 0 Å². The maximum absolute atomic E-state index is 13.6. The number of alkyl halides is 3. The van der Waals surface area contributed by atoms with Gasteiger partial charge in [-0.1, -0.05) is 32.0 Å². The summed E-state index contributed by atoms with van der Waals surface area (Å²) in [7, 11) is 0. The highest BCUT2D eigenvalue weighted by atomic mass is 19.4. The molecule has 196 valence electrons. The number of hydrogen-bond donors (Lipinski definition) is 5. The number of hydrogen-bond acceptors (Lipinski definition) is 6. The predicted octanol–water partition coefficient (Wildman–Crippen LogP) is 3.51. The van der Waals surface area contributed by atoms with E-state index in [-0.39, 0.29) is 23.4 Å². The summed E-state index contributed by atoms with van der Waals surface area (Å²) in [5.41, 5.74) is 3.68. The maximum Gasteiger partial charge on any atom is 0.411 e. The zero-order valence-electron chi connectivity index (χ0n) is 20.5. The van der Waals surface area contributed by atoms with Gasteiger partial charge in [0.15, 0.2) is 6.23 Å². The molecule has 2 aliphatic rings. The second-order valence-electron chi connectivity index (χ2n) is 9.23. The molecule has 2 atom stereocenters. The Bertz CT molecular complexity index is 1080. The second-order valence-corrected chi connectivity index (χ2v) is 9.23. The van der Waals surface area contributed by atoms with E-state index in [2.05, 4.69) is 10.6 Å². The number of carbonyl (C=O) groups is 2. The zero-order valence-corrected chi connectivity index (χ0v) is 20.5. The topological polar surface area (TPSA) is 129 Å². The van der Waals surface area contributed by atoms with Crippen LogP contribution >= 0.6 is 0 Å². The van der Waals surface area contributed by atoms with E-state index in [0.29, 0.717) is 24.0 Å². The molecule has 8 nitrogen and oxygen atoms in total. The summed E-state index contributed by atoms with van der Waals surface area (Å²) in [4.78, 5) is 24.8. The molecule has 0 spiro atoms. The zero-order chi connectivity index (χ0) is 26.7. The molecule has 1 aromatic rings. The molecular formula is C25H32F3N5O3. The number of halogens is 3. The minimum absolute atomic E-state index is 0.0394. The van der Waals surface area contributed by atoms with Crippen molar-refractivity contribution in [3.8, 4) is 0 Å². The Kier molecular flexibility index (Phi) is 8.00. The fourth-order valence-corrected chi connectivity index (χ4v) is 3.93. The van der Waals surface area contributed by atoms with Crippen LogP contribution in [0.15, 0.2) is 48.0 Å². The summed E-state index contributed by atoms with van der Waals surface area (Å²) in [6.07, 6.45) is -0.476. The van der Waals surface area contributed by atoms with E-state index in [1.165, 1.54) is 6.20 Å². The first kappa shape index (κ1) is 27.1. The van der Waals surface area contributed by atoms with Crippen LogP contribution < -0.4 is 21.7 Å². The summed E-state index contributed by atoms with van der Waals surface area (Å²) in [5, 5.41) is 16.2. The van der Waals surface area contributed by atoms with Gasteiger partial charge in [0, 0.05) is 17.8 Å². The van der Waals surface area contributed by atoms with Crippen LogP contribution in [-0.4, -0.2) is 35.3 Å². The molecular weight excluding hydrogens is 475 g/mol. The summed E-state index contributed by atoms with van der Waals surface area (Å²) in [5.74, 6) is -1.97. The van der Waals surface area contributed by atoms with Crippen molar-refractivity contribution in [2.24, 2.45) is 11.7 Å². The summed E-state index contributed by atoms with van der Waals surface area (Å²) < 4.78 is 46.4. The number of rotatable bonds is 10. The van der Waals surface area contributed by atoms with Gasteiger partial charge in [-0.25, -0.2) is 0 Å². The van der Waals surface area contributed by atoms with E-state index in [9.17, 15) is 22.8 Å². The van der Waals surface area contributed by atoms with Gasteiger partial charge < -0.3 is 31.8 Å². The van der Waals surface area contributed by atoms with E-state index in [1.807, 2.05) is 19.2 Å². The van der Waals surface area contributed by atoms with E-state index in [1.54, 1.807) is 24.3 Å². The Morgan fingerprint density at radius 3 is 2.53 bits per heavy atom. The van der Waals surface area contributed by atoms with Gasteiger partial charge >= 0.3 is 6.18 Å². The van der Waals surface area contributed by atoms with Crippen molar-refractivity contribution in [2.75, 3.05) is 0 Å². The van der Waals surface area contributed by atoms with E-state index in [0.717, 1.165) is 25.8 Å². The minimum Gasteiger partial charge on any atom is -0.459 e. The van der Waals surface area contributed by atoms with Gasteiger partial charge in [-0.2, -0.15) is 13.2 Å². The van der Waals surface area contributed by atoms with Crippen LogP contribution in [0.25, 0.3) is 0 Å². The molecule has 3 rings (SSSR count). The van der Waals surface area contributed by atoms with Crippen molar-refractivity contribution in [1.29, 1.82) is 5.41 Å². The normalized spacial score (nSPS) is 19.6. The quantitative estimate of drug-likeness (QED) is 0.245. The van der Waals surface area contributed by atoms with Crippen LogP contribution in [0, 0.1) is 11.3 Å². The summed E-state index contributed by atoms with van der Waals surface area (Å²) in [6.45, 7) is 4.91. The van der Waals surface area contributed by atoms with Gasteiger partial charge in [-0.15, -0.1) is 0 Å². The van der Waals surface area contributed by atoms with Gasteiger partial charge in [0.25, 0.3) is 11.8 Å². The highest BCUT2D eigenvalue weighted by molar-refractivity contribution is 6.10. The third-order valence-electron chi connectivity index (χ3n) is 6.57. The molecule has 11 heteroatoms. The average Bonchev–Trinajstić information content (AvgIpc) is 3.58. The van der Waals surface area contributed by atoms with Crippen molar-refractivity contribution in [3.05, 3.63) is 59.1 Å². The van der Waals surface area contributed by atoms with Crippen molar-refractivity contribution in [2.45, 2.75) is 70.4 Å². The molecule has 0 bridgehead atoms. The number of benzene rings is 1. The molecule has 1 aliphatic heterocycles. The fourth-order valence-electron chi connectivity index (χ4n) is 3.93. The molecule has 0 saturated heterocycles.